The predicted molar refractivity (Wildman–Crippen MR) is 168 cm³/mol. The summed E-state index contributed by atoms with van der Waals surface area (Å²) in [6.45, 7) is 8.56. The smallest absolute Gasteiger partial charge is 0.408 e. The van der Waals surface area contributed by atoms with Crippen LogP contribution in [0, 0.1) is 5.92 Å². The van der Waals surface area contributed by atoms with Gasteiger partial charge in [0.1, 0.15) is 17.7 Å². The fourth-order valence-electron chi connectivity index (χ4n) is 5.25. The second-order valence-corrected chi connectivity index (χ2v) is 12.9. The molecule has 1 aliphatic rings. The predicted octanol–water partition coefficient (Wildman–Crippen LogP) is 4.12. The largest absolute Gasteiger partial charge is 0.444 e. The highest BCUT2D eigenvalue weighted by atomic mass is 19.3. The van der Waals surface area contributed by atoms with Gasteiger partial charge in [0.25, 0.3) is 0 Å². The number of likely N-dealkylation sites (tertiary alicyclic amines) is 1. The highest BCUT2D eigenvalue weighted by Crippen LogP contribution is 2.25. The van der Waals surface area contributed by atoms with E-state index in [0.717, 1.165) is 4.90 Å². The Morgan fingerprint density at radius 3 is 2.04 bits per heavy atom. The number of Topliss-reactive ketones (excluding diaryl/α,β-unsaturated/α-hetero) is 1. The Balaban J connectivity index is 1.82. The molecule has 3 atom stereocenters. The minimum atomic E-state index is -4.44. The van der Waals surface area contributed by atoms with Crippen molar-refractivity contribution < 1.29 is 37.5 Å². The quantitative estimate of drug-likeness (QED) is 0.336. The van der Waals surface area contributed by atoms with Gasteiger partial charge < -0.3 is 25.2 Å². The molecule has 1 saturated heterocycles. The molecule has 0 bridgehead atoms. The summed E-state index contributed by atoms with van der Waals surface area (Å²) in [5, 5.41) is 5.02. The molecular formula is C34H44F2N4O6. The first-order chi connectivity index (χ1) is 21.5. The number of hydrogen-bond donors (Lipinski definition) is 2. The van der Waals surface area contributed by atoms with Crippen molar-refractivity contribution in [3.8, 4) is 0 Å². The summed E-state index contributed by atoms with van der Waals surface area (Å²) in [7, 11) is 1.18. The molecule has 2 aromatic rings. The lowest BCUT2D eigenvalue weighted by Gasteiger charge is -2.32. The number of nitrogens with one attached hydrogen (secondary N) is 2. The van der Waals surface area contributed by atoms with Crippen LogP contribution in [-0.2, 0) is 36.9 Å². The van der Waals surface area contributed by atoms with Gasteiger partial charge in [0.15, 0.2) is 0 Å². The van der Waals surface area contributed by atoms with Crippen molar-refractivity contribution in [2.24, 2.45) is 5.92 Å². The van der Waals surface area contributed by atoms with Crippen LogP contribution < -0.4 is 10.6 Å². The summed E-state index contributed by atoms with van der Waals surface area (Å²) < 4.78 is 36.5. The van der Waals surface area contributed by atoms with Crippen molar-refractivity contribution in [2.75, 3.05) is 13.6 Å². The molecule has 12 heteroatoms. The zero-order chi connectivity index (χ0) is 34.2. The fraction of sp³-hybridized carbons (Fsp3) is 0.500. The first-order valence-corrected chi connectivity index (χ1v) is 15.4. The van der Waals surface area contributed by atoms with E-state index < -0.39 is 59.2 Å². The maximum Gasteiger partial charge on any atom is 0.408 e. The second-order valence-electron chi connectivity index (χ2n) is 12.9. The van der Waals surface area contributed by atoms with Gasteiger partial charge in [-0.05, 0) is 50.7 Å². The highest BCUT2D eigenvalue weighted by Gasteiger charge is 2.52. The fourth-order valence-corrected chi connectivity index (χ4v) is 5.25. The number of carbonyl (C=O) groups excluding carboxylic acids is 5. The number of amides is 4. The molecule has 250 valence electrons. The maximum absolute atomic E-state index is 15.6. The number of ether oxygens (including phenoxy) is 1. The van der Waals surface area contributed by atoms with Crippen molar-refractivity contribution in [1.29, 1.82) is 0 Å². The Kier molecular flexibility index (Phi) is 12.0. The van der Waals surface area contributed by atoms with Crippen LogP contribution >= 0.6 is 0 Å². The molecule has 0 spiro atoms. The SMILES string of the molecule is CC(C)[C@H](NC(=O)OC(C)(C)C)C(=O)N1CCC[C@H]1C(=O)NC(Cc1ccccc1)C(=O)C(F)(F)C(=O)N(C)Cc1ccccc1. The van der Waals surface area contributed by atoms with Crippen molar-refractivity contribution >= 4 is 29.6 Å². The minimum absolute atomic E-state index is 0.147. The van der Waals surface area contributed by atoms with E-state index in [1.807, 2.05) is 0 Å². The van der Waals surface area contributed by atoms with Crippen LogP contribution in [0.15, 0.2) is 60.7 Å². The summed E-state index contributed by atoms with van der Waals surface area (Å²) in [4.78, 5) is 68.1. The molecule has 1 unspecified atom stereocenters. The number of halogens is 2. The second kappa shape index (κ2) is 15.3. The highest BCUT2D eigenvalue weighted by molar-refractivity contribution is 6.10. The topological polar surface area (TPSA) is 125 Å². The van der Waals surface area contributed by atoms with Crippen LogP contribution in [0.2, 0.25) is 0 Å². The normalized spacial score (nSPS) is 16.4. The number of rotatable bonds is 12. The van der Waals surface area contributed by atoms with Gasteiger partial charge in [-0.3, -0.25) is 19.2 Å². The van der Waals surface area contributed by atoms with Gasteiger partial charge in [-0.15, -0.1) is 0 Å². The van der Waals surface area contributed by atoms with Crippen LogP contribution in [-0.4, -0.2) is 82.6 Å². The zero-order valence-corrected chi connectivity index (χ0v) is 27.2. The maximum atomic E-state index is 15.6. The van der Waals surface area contributed by atoms with Crippen LogP contribution in [0.5, 0.6) is 0 Å². The van der Waals surface area contributed by atoms with E-state index >= 15 is 8.78 Å². The Labute approximate surface area is 268 Å². The van der Waals surface area contributed by atoms with E-state index in [-0.39, 0.29) is 31.8 Å². The first kappa shape index (κ1) is 36.1. The number of benzene rings is 2. The summed E-state index contributed by atoms with van der Waals surface area (Å²) in [5.41, 5.74) is 0.288. The van der Waals surface area contributed by atoms with Gasteiger partial charge >= 0.3 is 17.9 Å². The number of alkyl halides is 2. The number of carbonyl (C=O) groups is 5. The van der Waals surface area contributed by atoms with Gasteiger partial charge in [-0.25, -0.2) is 4.79 Å². The van der Waals surface area contributed by atoms with Crippen molar-refractivity contribution in [2.45, 2.75) is 90.1 Å². The minimum Gasteiger partial charge on any atom is -0.444 e. The third-order valence-corrected chi connectivity index (χ3v) is 7.55. The number of nitrogens with zero attached hydrogens (tertiary/aromatic N) is 2. The molecular weight excluding hydrogens is 598 g/mol. The molecule has 2 aromatic carbocycles. The Hall–Kier alpha value is -4.35. The molecule has 2 N–H and O–H groups in total. The van der Waals surface area contributed by atoms with Crippen molar-refractivity contribution in [3.63, 3.8) is 0 Å². The van der Waals surface area contributed by atoms with E-state index in [4.69, 9.17) is 4.74 Å². The van der Waals surface area contributed by atoms with Crippen LogP contribution in [0.4, 0.5) is 13.6 Å². The number of ketones is 1. The first-order valence-electron chi connectivity index (χ1n) is 15.4. The molecule has 10 nitrogen and oxygen atoms in total. The Morgan fingerprint density at radius 2 is 1.50 bits per heavy atom. The van der Waals surface area contributed by atoms with Crippen LogP contribution in [0.1, 0.15) is 58.6 Å². The van der Waals surface area contributed by atoms with E-state index in [2.05, 4.69) is 10.6 Å². The molecule has 0 aliphatic carbocycles. The van der Waals surface area contributed by atoms with Gasteiger partial charge in [-0.2, -0.15) is 8.78 Å². The average Bonchev–Trinajstić information content (AvgIpc) is 3.49. The molecule has 0 radical (unpaired) electrons. The summed E-state index contributed by atoms with van der Waals surface area (Å²) in [5.74, 6) is -9.60. The van der Waals surface area contributed by atoms with Gasteiger partial charge in [0, 0.05) is 26.6 Å². The third-order valence-electron chi connectivity index (χ3n) is 7.55. The van der Waals surface area contributed by atoms with E-state index in [1.54, 1.807) is 95.3 Å². The molecule has 1 fully saturated rings. The summed E-state index contributed by atoms with van der Waals surface area (Å²) in [6.07, 6.45) is -0.433. The summed E-state index contributed by atoms with van der Waals surface area (Å²) in [6, 6.07) is 12.9. The lowest BCUT2D eigenvalue weighted by molar-refractivity contribution is -0.167. The third kappa shape index (κ3) is 9.58. The molecule has 1 heterocycles. The number of hydrogen-bond acceptors (Lipinski definition) is 6. The molecule has 0 saturated carbocycles. The lowest BCUT2D eigenvalue weighted by Crippen LogP contribution is -2.59. The van der Waals surface area contributed by atoms with E-state index in [0.29, 0.717) is 17.5 Å². The van der Waals surface area contributed by atoms with Gasteiger partial charge in [0.05, 0.1) is 6.04 Å². The number of alkyl carbamates (subject to hydrolysis) is 1. The molecule has 0 aromatic heterocycles. The molecule has 4 amide bonds. The molecule has 46 heavy (non-hydrogen) atoms. The monoisotopic (exact) mass is 642 g/mol. The zero-order valence-electron chi connectivity index (χ0n) is 27.2. The van der Waals surface area contributed by atoms with Gasteiger partial charge in [0.2, 0.25) is 17.6 Å². The van der Waals surface area contributed by atoms with Crippen LogP contribution in [0.25, 0.3) is 0 Å². The van der Waals surface area contributed by atoms with Crippen LogP contribution in [0.3, 0.4) is 0 Å². The van der Waals surface area contributed by atoms with Gasteiger partial charge in [-0.1, -0.05) is 74.5 Å². The van der Waals surface area contributed by atoms with Crippen molar-refractivity contribution in [1.82, 2.24) is 20.4 Å². The molecule has 1 aliphatic heterocycles. The summed E-state index contributed by atoms with van der Waals surface area (Å²) >= 11 is 0. The van der Waals surface area contributed by atoms with E-state index in [1.165, 1.54) is 11.9 Å². The van der Waals surface area contributed by atoms with Crippen molar-refractivity contribution in [3.05, 3.63) is 71.8 Å². The average molecular weight is 643 g/mol. The standard InChI is InChI=1S/C34H44F2N4O6/c1-22(2)27(38-32(45)46-33(3,4)5)30(43)40-19-13-18-26(40)29(42)37-25(20-23-14-9-7-10-15-23)28(41)34(35,36)31(44)39(6)21-24-16-11-8-12-17-24/h7-12,14-17,22,25-27H,13,18-21H2,1-6H3,(H,37,42)(H,38,45)/t25?,26-,27-/m0/s1. The Morgan fingerprint density at radius 1 is 0.935 bits per heavy atom. The molecule has 3 rings (SSSR count). The van der Waals surface area contributed by atoms with E-state index in [9.17, 15) is 24.0 Å². The lowest BCUT2D eigenvalue weighted by atomic mass is 9.97. The Bertz CT molecular complexity index is 1380.